The molecular formula is C11H11N3O2. The second-order valence-corrected chi connectivity index (χ2v) is 3.37. The summed E-state index contributed by atoms with van der Waals surface area (Å²) >= 11 is 0. The molecule has 2 heterocycles. The van der Waals surface area contributed by atoms with E-state index in [4.69, 9.17) is 5.11 Å². The predicted molar refractivity (Wildman–Crippen MR) is 57.3 cm³/mol. The number of pyridine rings is 1. The first kappa shape index (κ1) is 10.4. The van der Waals surface area contributed by atoms with Gasteiger partial charge in [0, 0.05) is 30.7 Å². The fourth-order valence-corrected chi connectivity index (χ4v) is 1.39. The first-order chi connectivity index (χ1) is 7.75. The van der Waals surface area contributed by atoms with Crippen molar-refractivity contribution in [3.63, 3.8) is 0 Å². The fourth-order valence-electron chi connectivity index (χ4n) is 1.39. The van der Waals surface area contributed by atoms with Gasteiger partial charge in [-0.2, -0.15) is 0 Å². The van der Waals surface area contributed by atoms with Crippen LogP contribution in [0, 0.1) is 0 Å². The molecule has 5 heteroatoms. The Morgan fingerprint density at radius 1 is 1.38 bits per heavy atom. The number of carboxylic acids is 1. The molecule has 0 aliphatic rings. The molecule has 0 saturated heterocycles. The molecule has 82 valence electrons. The third kappa shape index (κ3) is 2.44. The minimum Gasteiger partial charge on any atom is -0.481 e. The zero-order chi connectivity index (χ0) is 11.4. The van der Waals surface area contributed by atoms with Crippen molar-refractivity contribution < 1.29 is 9.90 Å². The zero-order valence-electron chi connectivity index (χ0n) is 8.58. The average Bonchev–Trinajstić information content (AvgIpc) is 2.76. The molecule has 0 saturated carbocycles. The van der Waals surface area contributed by atoms with Crippen LogP contribution in [-0.4, -0.2) is 25.6 Å². The highest BCUT2D eigenvalue weighted by molar-refractivity contribution is 5.66. The summed E-state index contributed by atoms with van der Waals surface area (Å²) < 4.78 is 1.85. The minimum absolute atomic E-state index is 0.105. The number of imidazole rings is 1. The Bertz CT molecular complexity index is 479. The van der Waals surface area contributed by atoms with Crippen LogP contribution in [0.4, 0.5) is 0 Å². The van der Waals surface area contributed by atoms with Crippen LogP contribution >= 0.6 is 0 Å². The summed E-state index contributed by atoms with van der Waals surface area (Å²) in [7, 11) is 0. The molecule has 0 amide bonds. The Hall–Kier alpha value is -2.17. The van der Waals surface area contributed by atoms with Crippen molar-refractivity contribution in [2.24, 2.45) is 0 Å². The molecule has 0 radical (unpaired) electrons. The quantitative estimate of drug-likeness (QED) is 0.837. The Morgan fingerprint density at radius 2 is 2.12 bits per heavy atom. The molecule has 0 fully saturated rings. The van der Waals surface area contributed by atoms with Crippen LogP contribution in [0.15, 0.2) is 37.1 Å². The third-order valence-corrected chi connectivity index (χ3v) is 2.19. The van der Waals surface area contributed by atoms with E-state index in [0.717, 1.165) is 11.4 Å². The van der Waals surface area contributed by atoms with Gasteiger partial charge in [0.15, 0.2) is 0 Å². The molecule has 0 unspecified atom stereocenters. The summed E-state index contributed by atoms with van der Waals surface area (Å²) in [5, 5.41) is 8.56. The van der Waals surface area contributed by atoms with Crippen LogP contribution in [0.2, 0.25) is 0 Å². The molecule has 1 N–H and O–H groups in total. The Kier molecular flexibility index (Phi) is 2.95. The molecule has 0 bridgehead atoms. The van der Waals surface area contributed by atoms with Crippen LogP contribution in [0.1, 0.15) is 12.1 Å². The predicted octanol–water partition coefficient (Wildman–Crippen LogP) is 1.28. The summed E-state index contributed by atoms with van der Waals surface area (Å²) in [5.74, 6) is -0.807. The first-order valence-electron chi connectivity index (χ1n) is 4.91. The number of hydrogen-bond donors (Lipinski definition) is 1. The van der Waals surface area contributed by atoms with Gasteiger partial charge < -0.3 is 9.67 Å². The van der Waals surface area contributed by atoms with Crippen LogP contribution in [0.3, 0.4) is 0 Å². The van der Waals surface area contributed by atoms with Crippen molar-refractivity contribution in [1.82, 2.24) is 14.5 Å². The summed E-state index contributed by atoms with van der Waals surface area (Å²) in [6.45, 7) is 0. The van der Waals surface area contributed by atoms with E-state index in [-0.39, 0.29) is 6.42 Å². The SMILES string of the molecule is O=C(O)CCc1cn(-c2ccncc2)cn1. The highest BCUT2D eigenvalue weighted by Gasteiger charge is 2.03. The maximum Gasteiger partial charge on any atom is 0.303 e. The van der Waals surface area contributed by atoms with Crippen molar-refractivity contribution in [1.29, 1.82) is 0 Å². The van der Waals surface area contributed by atoms with E-state index in [1.165, 1.54) is 0 Å². The van der Waals surface area contributed by atoms with E-state index in [0.29, 0.717) is 6.42 Å². The maximum atomic E-state index is 10.4. The van der Waals surface area contributed by atoms with Crippen LogP contribution < -0.4 is 0 Å². The maximum absolute atomic E-state index is 10.4. The lowest BCUT2D eigenvalue weighted by atomic mass is 10.2. The molecular weight excluding hydrogens is 206 g/mol. The number of carbonyl (C=O) groups is 1. The molecule has 2 aromatic rings. The molecule has 0 aliphatic heterocycles. The number of nitrogens with zero attached hydrogens (tertiary/aromatic N) is 3. The summed E-state index contributed by atoms with van der Waals surface area (Å²) in [5.41, 5.74) is 1.74. The van der Waals surface area contributed by atoms with Crippen molar-refractivity contribution in [3.05, 3.63) is 42.7 Å². The number of rotatable bonds is 4. The second kappa shape index (κ2) is 4.57. The molecule has 0 spiro atoms. The van der Waals surface area contributed by atoms with Gasteiger partial charge in [0.2, 0.25) is 0 Å². The third-order valence-electron chi connectivity index (χ3n) is 2.19. The average molecular weight is 217 g/mol. The van der Waals surface area contributed by atoms with Crippen LogP contribution in [0.25, 0.3) is 5.69 Å². The highest BCUT2D eigenvalue weighted by atomic mass is 16.4. The van der Waals surface area contributed by atoms with Gasteiger partial charge in [-0.3, -0.25) is 9.78 Å². The van der Waals surface area contributed by atoms with Gasteiger partial charge >= 0.3 is 5.97 Å². The van der Waals surface area contributed by atoms with Crippen molar-refractivity contribution in [2.75, 3.05) is 0 Å². The molecule has 0 aromatic carbocycles. The first-order valence-corrected chi connectivity index (χ1v) is 4.91. The number of aliphatic carboxylic acids is 1. The Labute approximate surface area is 92.4 Å². The van der Waals surface area contributed by atoms with Gasteiger partial charge in [-0.25, -0.2) is 4.98 Å². The van der Waals surface area contributed by atoms with Crippen molar-refractivity contribution >= 4 is 5.97 Å². The standard InChI is InChI=1S/C11H11N3O2/c15-11(16)2-1-9-7-14(8-13-9)10-3-5-12-6-4-10/h3-8H,1-2H2,(H,15,16). The van der Waals surface area contributed by atoms with Gasteiger partial charge in [0.05, 0.1) is 18.4 Å². The van der Waals surface area contributed by atoms with E-state index >= 15 is 0 Å². The van der Waals surface area contributed by atoms with Crippen molar-refractivity contribution in [3.8, 4) is 5.69 Å². The number of hydrogen-bond acceptors (Lipinski definition) is 3. The van der Waals surface area contributed by atoms with Gasteiger partial charge in [0.1, 0.15) is 0 Å². The van der Waals surface area contributed by atoms with E-state index in [1.807, 2.05) is 22.9 Å². The molecule has 16 heavy (non-hydrogen) atoms. The van der Waals surface area contributed by atoms with Gasteiger partial charge in [0.25, 0.3) is 0 Å². The van der Waals surface area contributed by atoms with Crippen LogP contribution in [-0.2, 0) is 11.2 Å². The number of carboxylic acid groups (broad SMARTS) is 1. The summed E-state index contributed by atoms with van der Waals surface area (Å²) in [6.07, 6.45) is 7.46. The monoisotopic (exact) mass is 217 g/mol. The van der Waals surface area contributed by atoms with Crippen LogP contribution in [0.5, 0.6) is 0 Å². The number of aromatic nitrogens is 3. The van der Waals surface area contributed by atoms with Crippen molar-refractivity contribution in [2.45, 2.75) is 12.8 Å². The van der Waals surface area contributed by atoms with Gasteiger partial charge in [-0.15, -0.1) is 0 Å². The highest BCUT2D eigenvalue weighted by Crippen LogP contribution is 2.08. The summed E-state index contributed by atoms with van der Waals surface area (Å²) in [6, 6.07) is 3.73. The lowest BCUT2D eigenvalue weighted by Gasteiger charge is -1.98. The van der Waals surface area contributed by atoms with Gasteiger partial charge in [-0.05, 0) is 12.1 Å². The molecule has 5 nitrogen and oxygen atoms in total. The lowest BCUT2D eigenvalue weighted by Crippen LogP contribution is -1.97. The molecule has 2 aromatic heterocycles. The van der Waals surface area contributed by atoms with E-state index in [2.05, 4.69) is 9.97 Å². The number of aryl methyl sites for hydroxylation is 1. The minimum atomic E-state index is -0.807. The molecule has 0 aliphatic carbocycles. The smallest absolute Gasteiger partial charge is 0.303 e. The van der Waals surface area contributed by atoms with Gasteiger partial charge in [-0.1, -0.05) is 0 Å². The second-order valence-electron chi connectivity index (χ2n) is 3.37. The fraction of sp³-hybridized carbons (Fsp3) is 0.182. The Balaban J connectivity index is 2.11. The topological polar surface area (TPSA) is 68.0 Å². The van der Waals surface area contributed by atoms with E-state index in [9.17, 15) is 4.79 Å². The van der Waals surface area contributed by atoms with E-state index in [1.54, 1.807) is 18.7 Å². The molecule has 0 atom stereocenters. The zero-order valence-corrected chi connectivity index (χ0v) is 8.58. The lowest BCUT2D eigenvalue weighted by molar-refractivity contribution is -0.136. The largest absolute Gasteiger partial charge is 0.481 e. The molecule has 2 rings (SSSR count). The Morgan fingerprint density at radius 3 is 2.81 bits per heavy atom. The summed E-state index contributed by atoms with van der Waals surface area (Å²) in [4.78, 5) is 18.5. The normalized spacial score (nSPS) is 10.2. The van der Waals surface area contributed by atoms with E-state index < -0.39 is 5.97 Å².